The monoisotopic (exact) mass is 313 g/mol. The molecular formula is C13H13BrClNO. The van der Waals surface area contributed by atoms with E-state index in [-0.39, 0.29) is 5.91 Å². The van der Waals surface area contributed by atoms with Crippen LogP contribution in [0.15, 0.2) is 48.0 Å². The Kier molecular flexibility index (Phi) is 5.45. The smallest absolute Gasteiger partial charge is 0.255 e. The lowest BCUT2D eigenvalue weighted by Crippen LogP contribution is -2.31. The van der Waals surface area contributed by atoms with Gasteiger partial charge in [0.1, 0.15) is 0 Å². The second-order valence-corrected chi connectivity index (χ2v) is 4.70. The van der Waals surface area contributed by atoms with Crippen LogP contribution in [0.2, 0.25) is 5.02 Å². The number of amides is 1. The predicted molar refractivity (Wildman–Crippen MR) is 75.4 cm³/mol. The molecule has 0 saturated carbocycles. The maximum absolute atomic E-state index is 12.2. The van der Waals surface area contributed by atoms with E-state index in [0.717, 1.165) is 0 Å². The molecular weight excluding hydrogens is 302 g/mol. The first-order valence-corrected chi connectivity index (χ1v) is 6.23. The predicted octanol–water partition coefficient (Wildman–Crippen LogP) is 3.92. The molecule has 0 spiro atoms. The second kappa shape index (κ2) is 6.62. The lowest BCUT2D eigenvalue weighted by atomic mass is 10.2. The van der Waals surface area contributed by atoms with Crippen molar-refractivity contribution in [2.24, 2.45) is 0 Å². The number of rotatable bonds is 5. The first-order chi connectivity index (χ1) is 8.10. The molecule has 0 N–H and O–H groups in total. The molecule has 4 heteroatoms. The third-order valence-corrected chi connectivity index (χ3v) is 3.04. The van der Waals surface area contributed by atoms with Gasteiger partial charge in [-0.25, -0.2) is 0 Å². The highest BCUT2D eigenvalue weighted by Gasteiger charge is 2.16. The van der Waals surface area contributed by atoms with Gasteiger partial charge in [-0.1, -0.05) is 23.8 Å². The van der Waals surface area contributed by atoms with Gasteiger partial charge >= 0.3 is 0 Å². The molecule has 0 aliphatic rings. The quantitative estimate of drug-likeness (QED) is 0.754. The summed E-state index contributed by atoms with van der Waals surface area (Å²) < 4.78 is 0.688. The van der Waals surface area contributed by atoms with E-state index in [4.69, 9.17) is 11.6 Å². The zero-order chi connectivity index (χ0) is 12.8. The molecule has 0 saturated heterocycles. The minimum absolute atomic E-state index is 0.0756. The molecule has 1 aromatic rings. The largest absolute Gasteiger partial charge is 0.331 e. The Bertz CT molecular complexity index is 435. The lowest BCUT2D eigenvalue weighted by molar-refractivity contribution is 0.0790. The zero-order valence-corrected chi connectivity index (χ0v) is 11.7. The van der Waals surface area contributed by atoms with Gasteiger partial charge in [-0.05, 0) is 34.1 Å². The summed E-state index contributed by atoms with van der Waals surface area (Å²) in [6, 6.07) is 5.10. The zero-order valence-electron chi connectivity index (χ0n) is 9.33. The highest BCUT2D eigenvalue weighted by atomic mass is 79.9. The normalized spacial score (nSPS) is 9.76. The fraction of sp³-hybridized carbons (Fsp3) is 0.154. The van der Waals surface area contributed by atoms with Gasteiger partial charge in [0.25, 0.3) is 5.91 Å². The van der Waals surface area contributed by atoms with Gasteiger partial charge in [0.15, 0.2) is 0 Å². The number of hydrogen-bond acceptors (Lipinski definition) is 1. The molecule has 17 heavy (non-hydrogen) atoms. The van der Waals surface area contributed by atoms with Crippen LogP contribution < -0.4 is 0 Å². The Labute approximate surface area is 115 Å². The van der Waals surface area contributed by atoms with Crippen LogP contribution in [-0.2, 0) is 0 Å². The summed E-state index contributed by atoms with van der Waals surface area (Å²) in [6.07, 6.45) is 3.37. The average molecular weight is 315 g/mol. The van der Waals surface area contributed by atoms with E-state index in [2.05, 4.69) is 29.1 Å². The summed E-state index contributed by atoms with van der Waals surface area (Å²) >= 11 is 9.17. The molecule has 0 bridgehead atoms. The Balaban J connectivity index is 2.99. The van der Waals surface area contributed by atoms with Crippen LogP contribution in [0.5, 0.6) is 0 Å². The van der Waals surface area contributed by atoms with Crippen LogP contribution in [0.4, 0.5) is 0 Å². The molecule has 0 radical (unpaired) electrons. The minimum Gasteiger partial charge on any atom is -0.331 e. The summed E-state index contributed by atoms with van der Waals surface area (Å²) in [5.74, 6) is -0.0756. The van der Waals surface area contributed by atoms with Gasteiger partial charge in [-0.15, -0.1) is 13.2 Å². The number of benzene rings is 1. The highest BCUT2D eigenvalue weighted by Crippen LogP contribution is 2.22. The molecule has 1 rings (SSSR count). The third kappa shape index (κ3) is 3.72. The molecule has 2 nitrogen and oxygen atoms in total. The van der Waals surface area contributed by atoms with Crippen molar-refractivity contribution < 1.29 is 4.79 Å². The highest BCUT2D eigenvalue weighted by molar-refractivity contribution is 9.10. The van der Waals surface area contributed by atoms with E-state index in [1.807, 2.05) is 0 Å². The molecule has 0 aromatic heterocycles. The number of nitrogens with zero attached hydrogens (tertiary/aromatic N) is 1. The molecule has 1 amide bonds. The molecule has 0 heterocycles. The van der Waals surface area contributed by atoms with Gasteiger partial charge in [0.05, 0.1) is 5.56 Å². The average Bonchev–Trinajstić information content (AvgIpc) is 2.28. The van der Waals surface area contributed by atoms with Crippen molar-refractivity contribution in [1.82, 2.24) is 4.90 Å². The van der Waals surface area contributed by atoms with Crippen LogP contribution in [0.25, 0.3) is 0 Å². The maximum Gasteiger partial charge on any atom is 0.255 e. The fourth-order valence-electron chi connectivity index (χ4n) is 1.39. The number of carbonyl (C=O) groups excluding carboxylic acids is 1. The molecule has 0 atom stereocenters. The number of carbonyl (C=O) groups is 1. The molecule has 0 aliphatic carbocycles. The number of hydrogen-bond donors (Lipinski definition) is 0. The van der Waals surface area contributed by atoms with E-state index in [0.29, 0.717) is 28.1 Å². The van der Waals surface area contributed by atoms with Crippen molar-refractivity contribution in [2.75, 3.05) is 13.1 Å². The Morgan fingerprint density at radius 1 is 1.35 bits per heavy atom. The first kappa shape index (κ1) is 14.0. The summed E-state index contributed by atoms with van der Waals surface area (Å²) in [7, 11) is 0. The first-order valence-electron chi connectivity index (χ1n) is 5.06. The van der Waals surface area contributed by atoms with Gasteiger partial charge in [0.2, 0.25) is 0 Å². The van der Waals surface area contributed by atoms with E-state index in [1.165, 1.54) is 0 Å². The van der Waals surface area contributed by atoms with Crippen LogP contribution in [-0.4, -0.2) is 23.9 Å². The Hall–Kier alpha value is -1.06. The lowest BCUT2D eigenvalue weighted by Gasteiger charge is -2.20. The van der Waals surface area contributed by atoms with Gasteiger partial charge in [0, 0.05) is 22.6 Å². The van der Waals surface area contributed by atoms with E-state index in [9.17, 15) is 4.79 Å². The molecule has 0 unspecified atom stereocenters. The topological polar surface area (TPSA) is 20.3 Å². The van der Waals surface area contributed by atoms with E-state index in [1.54, 1.807) is 35.3 Å². The van der Waals surface area contributed by atoms with Crippen LogP contribution >= 0.6 is 27.5 Å². The van der Waals surface area contributed by atoms with E-state index < -0.39 is 0 Å². The van der Waals surface area contributed by atoms with Crippen LogP contribution in [0, 0.1) is 0 Å². The van der Waals surface area contributed by atoms with Crippen LogP contribution in [0.1, 0.15) is 10.4 Å². The van der Waals surface area contributed by atoms with Gasteiger partial charge in [-0.2, -0.15) is 0 Å². The minimum atomic E-state index is -0.0756. The molecule has 90 valence electrons. The van der Waals surface area contributed by atoms with Gasteiger partial charge < -0.3 is 4.90 Å². The van der Waals surface area contributed by atoms with Crippen molar-refractivity contribution in [3.8, 4) is 0 Å². The SMILES string of the molecule is C=CCN(CC=C)C(=O)c1ccc(Cl)cc1Br. The van der Waals surface area contributed by atoms with Crippen LogP contribution in [0.3, 0.4) is 0 Å². The summed E-state index contributed by atoms with van der Waals surface area (Å²) in [4.78, 5) is 13.9. The Morgan fingerprint density at radius 3 is 2.41 bits per heavy atom. The molecule has 0 fully saturated rings. The van der Waals surface area contributed by atoms with E-state index >= 15 is 0 Å². The summed E-state index contributed by atoms with van der Waals surface area (Å²) in [5.41, 5.74) is 0.582. The second-order valence-electron chi connectivity index (χ2n) is 3.41. The van der Waals surface area contributed by atoms with Crippen molar-refractivity contribution in [1.29, 1.82) is 0 Å². The fourth-order valence-corrected chi connectivity index (χ4v) is 2.24. The van der Waals surface area contributed by atoms with Crippen molar-refractivity contribution in [3.05, 3.63) is 58.6 Å². The maximum atomic E-state index is 12.2. The van der Waals surface area contributed by atoms with Crippen molar-refractivity contribution >= 4 is 33.4 Å². The van der Waals surface area contributed by atoms with Gasteiger partial charge in [-0.3, -0.25) is 4.79 Å². The number of halogens is 2. The standard InChI is InChI=1S/C13H13BrClNO/c1-3-7-16(8-4-2)13(17)11-6-5-10(15)9-12(11)14/h3-6,9H,1-2,7-8H2. The molecule has 1 aromatic carbocycles. The summed E-state index contributed by atoms with van der Waals surface area (Å²) in [6.45, 7) is 8.24. The summed E-state index contributed by atoms with van der Waals surface area (Å²) in [5, 5.41) is 0.590. The third-order valence-electron chi connectivity index (χ3n) is 2.15. The van der Waals surface area contributed by atoms with Crippen molar-refractivity contribution in [3.63, 3.8) is 0 Å². The van der Waals surface area contributed by atoms with Crippen molar-refractivity contribution in [2.45, 2.75) is 0 Å². The Morgan fingerprint density at radius 2 is 1.94 bits per heavy atom. The molecule has 0 aliphatic heterocycles.